The van der Waals surface area contributed by atoms with Crippen molar-refractivity contribution in [3.05, 3.63) is 63.6 Å². The Labute approximate surface area is 118 Å². The number of rotatable bonds is 5. The molecule has 1 unspecified atom stereocenters. The Morgan fingerprint density at radius 2 is 2.00 bits per heavy atom. The predicted octanol–water partition coefficient (Wildman–Crippen LogP) is 2.24. The van der Waals surface area contributed by atoms with Crippen molar-refractivity contribution in [2.24, 2.45) is 0 Å². The first-order valence-corrected chi connectivity index (χ1v) is 6.91. The maximum absolute atomic E-state index is 11.7. The van der Waals surface area contributed by atoms with E-state index in [1.54, 1.807) is 6.20 Å². The van der Waals surface area contributed by atoms with Crippen LogP contribution in [0.15, 0.2) is 41.3 Å². The minimum atomic E-state index is -0.724. The fourth-order valence-corrected chi connectivity index (χ4v) is 2.13. The van der Waals surface area contributed by atoms with Gasteiger partial charge in [0.1, 0.15) is 0 Å². The number of hydrogen-bond donors (Lipinski definition) is 1. The standard InChI is InChI=1S/C16H20N2O2/c1-3-4-13-5-7-14(8-6-13)15(19)11-18-16(20)9-12(2)10-17-18/h5-10,15,19H,3-4,11H2,1-2H3. The summed E-state index contributed by atoms with van der Waals surface area (Å²) in [6, 6.07) is 9.38. The lowest BCUT2D eigenvalue weighted by Gasteiger charge is -2.12. The van der Waals surface area contributed by atoms with Gasteiger partial charge >= 0.3 is 0 Å². The molecule has 1 heterocycles. The van der Waals surface area contributed by atoms with E-state index in [0.717, 1.165) is 24.0 Å². The van der Waals surface area contributed by atoms with E-state index in [0.29, 0.717) is 0 Å². The number of nitrogens with zero attached hydrogens (tertiary/aromatic N) is 2. The van der Waals surface area contributed by atoms with Crippen LogP contribution in [0.1, 0.15) is 36.1 Å². The highest BCUT2D eigenvalue weighted by Gasteiger charge is 2.10. The summed E-state index contributed by atoms with van der Waals surface area (Å²) in [7, 11) is 0. The number of aliphatic hydroxyl groups is 1. The molecule has 0 fully saturated rings. The van der Waals surface area contributed by atoms with Gasteiger partial charge in [0, 0.05) is 6.07 Å². The third-order valence-electron chi connectivity index (χ3n) is 3.26. The van der Waals surface area contributed by atoms with Gasteiger partial charge in [-0.25, -0.2) is 4.68 Å². The maximum atomic E-state index is 11.7. The molecule has 1 atom stereocenters. The van der Waals surface area contributed by atoms with Gasteiger partial charge in [0.2, 0.25) is 0 Å². The molecule has 4 heteroatoms. The van der Waals surface area contributed by atoms with Crippen LogP contribution < -0.4 is 5.56 Å². The third kappa shape index (κ3) is 3.54. The minimum absolute atomic E-state index is 0.173. The van der Waals surface area contributed by atoms with Gasteiger partial charge < -0.3 is 5.11 Å². The summed E-state index contributed by atoms with van der Waals surface area (Å²) in [5.74, 6) is 0. The van der Waals surface area contributed by atoms with Gasteiger partial charge in [0.15, 0.2) is 0 Å². The van der Waals surface area contributed by atoms with Gasteiger partial charge in [-0.05, 0) is 30.0 Å². The van der Waals surface area contributed by atoms with Gasteiger partial charge in [-0.15, -0.1) is 0 Å². The van der Waals surface area contributed by atoms with Gasteiger partial charge in [-0.1, -0.05) is 37.6 Å². The average Bonchev–Trinajstić information content (AvgIpc) is 2.43. The second kappa shape index (κ2) is 6.48. The number of benzene rings is 1. The molecule has 0 saturated heterocycles. The molecule has 0 amide bonds. The molecule has 0 bridgehead atoms. The van der Waals surface area contributed by atoms with Crippen LogP contribution in [0.25, 0.3) is 0 Å². The summed E-state index contributed by atoms with van der Waals surface area (Å²) in [5.41, 5.74) is 2.70. The van der Waals surface area contributed by atoms with E-state index in [9.17, 15) is 9.90 Å². The number of aromatic nitrogens is 2. The maximum Gasteiger partial charge on any atom is 0.267 e. The van der Waals surface area contributed by atoms with E-state index < -0.39 is 6.10 Å². The Morgan fingerprint density at radius 1 is 1.30 bits per heavy atom. The Morgan fingerprint density at radius 3 is 2.60 bits per heavy atom. The predicted molar refractivity (Wildman–Crippen MR) is 78.6 cm³/mol. The van der Waals surface area contributed by atoms with Gasteiger partial charge in [-0.3, -0.25) is 4.79 Å². The lowest BCUT2D eigenvalue weighted by molar-refractivity contribution is 0.149. The third-order valence-corrected chi connectivity index (χ3v) is 3.26. The summed E-state index contributed by atoms with van der Waals surface area (Å²) in [4.78, 5) is 11.7. The molecular weight excluding hydrogens is 252 g/mol. The highest BCUT2D eigenvalue weighted by molar-refractivity contribution is 5.24. The van der Waals surface area contributed by atoms with E-state index in [2.05, 4.69) is 12.0 Å². The van der Waals surface area contributed by atoms with Crippen molar-refractivity contribution in [2.45, 2.75) is 39.3 Å². The fraction of sp³-hybridized carbons (Fsp3) is 0.375. The van der Waals surface area contributed by atoms with E-state index in [4.69, 9.17) is 0 Å². The average molecular weight is 272 g/mol. The summed E-state index contributed by atoms with van der Waals surface area (Å²) in [6.45, 7) is 4.13. The molecule has 2 rings (SSSR count). The summed E-state index contributed by atoms with van der Waals surface area (Å²) >= 11 is 0. The monoisotopic (exact) mass is 272 g/mol. The number of aryl methyl sites for hydroxylation is 2. The molecule has 1 N–H and O–H groups in total. The lowest BCUT2D eigenvalue weighted by atomic mass is 10.0. The molecule has 20 heavy (non-hydrogen) atoms. The van der Waals surface area contributed by atoms with Gasteiger partial charge in [0.25, 0.3) is 5.56 Å². The zero-order valence-corrected chi connectivity index (χ0v) is 11.9. The van der Waals surface area contributed by atoms with Crippen LogP contribution >= 0.6 is 0 Å². The van der Waals surface area contributed by atoms with E-state index in [-0.39, 0.29) is 12.1 Å². The zero-order valence-electron chi connectivity index (χ0n) is 11.9. The van der Waals surface area contributed by atoms with Crippen molar-refractivity contribution in [3.63, 3.8) is 0 Å². The van der Waals surface area contributed by atoms with Crippen molar-refractivity contribution < 1.29 is 5.11 Å². The Bertz CT molecular complexity index is 617. The van der Waals surface area contributed by atoms with Crippen LogP contribution in [0, 0.1) is 6.92 Å². The molecule has 1 aromatic heterocycles. The van der Waals surface area contributed by atoms with Crippen molar-refractivity contribution in [2.75, 3.05) is 0 Å². The summed E-state index contributed by atoms with van der Waals surface area (Å²) < 4.78 is 1.29. The van der Waals surface area contributed by atoms with E-state index in [1.807, 2.05) is 31.2 Å². The fourth-order valence-electron chi connectivity index (χ4n) is 2.13. The minimum Gasteiger partial charge on any atom is -0.386 e. The molecule has 2 aromatic rings. The molecule has 106 valence electrons. The van der Waals surface area contributed by atoms with E-state index in [1.165, 1.54) is 16.3 Å². The quantitative estimate of drug-likeness (QED) is 0.908. The largest absolute Gasteiger partial charge is 0.386 e. The van der Waals surface area contributed by atoms with Crippen molar-refractivity contribution in [1.29, 1.82) is 0 Å². The highest BCUT2D eigenvalue weighted by atomic mass is 16.3. The lowest BCUT2D eigenvalue weighted by Crippen LogP contribution is -2.25. The molecule has 0 aliphatic rings. The van der Waals surface area contributed by atoms with Crippen LogP contribution in [-0.4, -0.2) is 14.9 Å². The first-order valence-electron chi connectivity index (χ1n) is 6.91. The molecule has 0 radical (unpaired) electrons. The van der Waals surface area contributed by atoms with Crippen LogP contribution in [-0.2, 0) is 13.0 Å². The Kier molecular flexibility index (Phi) is 4.69. The van der Waals surface area contributed by atoms with Crippen LogP contribution in [0.3, 0.4) is 0 Å². The van der Waals surface area contributed by atoms with Crippen molar-refractivity contribution >= 4 is 0 Å². The van der Waals surface area contributed by atoms with Crippen LogP contribution in [0.4, 0.5) is 0 Å². The molecule has 0 saturated carbocycles. The first kappa shape index (κ1) is 14.5. The Hall–Kier alpha value is -1.94. The molecule has 0 spiro atoms. The highest BCUT2D eigenvalue weighted by Crippen LogP contribution is 2.15. The second-order valence-electron chi connectivity index (χ2n) is 5.06. The Balaban J connectivity index is 2.11. The van der Waals surface area contributed by atoms with Gasteiger partial charge in [0.05, 0.1) is 18.8 Å². The first-order chi connectivity index (χ1) is 9.60. The normalized spacial score (nSPS) is 12.3. The van der Waals surface area contributed by atoms with Crippen molar-refractivity contribution in [3.8, 4) is 0 Å². The van der Waals surface area contributed by atoms with Crippen LogP contribution in [0.5, 0.6) is 0 Å². The molecule has 4 nitrogen and oxygen atoms in total. The molecule has 0 aliphatic heterocycles. The molecular formula is C16H20N2O2. The van der Waals surface area contributed by atoms with Gasteiger partial charge in [-0.2, -0.15) is 5.10 Å². The van der Waals surface area contributed by atoms with Crippen LogP contribution in [0.2, 0.25) is 0 Å². The zero-order chi connectivity index (χ0) is 14.5. The smallest absolute Gasteiger partial charge is 0.267 e. The molecule has 0 aliphatic carbocycles. The summed E-state index contributed by atoms with van der Waals surface area (Å²) in [6.07, 6.45) is 3.04. The number of hydrogen-bond acceptors (Lipinski definition) is 3. The SMILES string of the molecule is CCCc1ccc(C(O)Cn2ncc(C)cc2=O)cc1. The summed E-state index contributed by atoms with van der Waals surface area (Å²) in [5, 5.41) is 14.2. The van der Waals surface area contributed by atoms with E-state index >= 15 is 0 Å². The van der Waals surface area contributed by atoms with Crippen molar-refractivity contribution in [1.82, 2.24) is 9.78 Å². The topological polar surface area (TPSA) is 55.1 Å². The second-order valence-corrected chi connectivity index (χ2v) is 5.06. The number of aliphatic hydroxyl groups excluding tert-OH is 1. The molecule has 1 aromatic carbocycles.